The van der Waals surface area contributed by atoms with Crippen molar-refractivity contribution in [1.29, 1.82) is 0 Å². The van der Waals surface area contributed by atoms with E-state index in [1.807, 2.05) is 0 Å². The van der Waals surface area contributed by atoms with Gasteiger partial charge in [0.15, 0.2) is 0 Å². The summed E-state index contributed by atoms with van der Waals surface area (Å²) >= 11 is 5.84. The van der Waals surface area contributed by atoms with Gasteiger partial charge in [0.05, 0.1) is 16.0 Å². The van der Waals surface area contributed by atoms with Gasteiger partial charge in [0, 0.05) is 18.2 Å². The van der Waals surface area contributed by atoms with Gasteiger partial charge in [-0.1, -0.05) is 24.4 Å². The molecule has 0 radical (unpaired) electrons. The van der Waals surface area contributed by atoms with Crippen LogP contribution < -0.4 is 4.72 Å². The molecule has 2 atom stereocenters. The van der Waals surface area contributed by atoms with E-state index in [2.05, 4.69) is 4.72 Å². The highest BCUT2D eigenvalue weighted by Gasteiger charge is 2.30. The van der Waals surface area contributed by atoms with E-state index in [4.69, 9.17) is 11.6 Å². The molecule has 0 saturated heterocycles. The molecule has 1 aliphatic rings. The Morgan fingerprint density at radius 2 is 2.00 bits per heavy atom. The maximum atomic E-state index is 12.3. The minimum atomic E-state index is -4.03. The van der Waals surface area contributed by atoms with E-state index >= 15 is 0 Å². The molecule has 0 amide bonds. The lowest BCUT2D eigenvalue weighted by atomic mass is 9.93. The molecule has 0 heterocycles. The van der Waals surface area contributed by atoms with Gasteiger partial charge in [0.1, 0.15) is 4.90 Å². The number of rotatable bonds is 4. The first-order valence-corrected chi connectivity index (χ1v) is 8.32. The molecule has 2 N–H and O–H groups in total. The van der Waals surface area contributed by atoms with E-state index in [-0.39, 0.29) is 15.6 Å². The zero-order chi connectivity index (χ0) is 15.6. The molecule has 1 aliphatic carbocycles. The summed E-state index contributed by atoms with van der Waals surface area (Å²) in [5.41, 5.74) is -0.357. The summed E-state index contributed by atoms with van der Waals surface area (Å²) in [6.45, 7) is 0. The fourth-order valence-corrected chi connectivity index (χ4v) is 4.15. The Labute approximate surface area is 127 Å². The fourth-order valence-electron chi connectivity index (χ4n) is 2.32. The fraction of sp³-hybridized carbons (Fsp3) is 0.500. The van der Waals surface area contributed by atoms with Crippen molar-refractivity contribution in [3.05, 3.63) is 33.3 Å². The first-order valence-electron chi connectivity index (χ1n) is 6.45. The average Bonchev–Trinajstić information content (AvgIpc) is 2.41. The lowest BCUT2D eigenvalue weighted by Gasteiger charge is -2.28. The molecule has 1 fully saturated rings. The number of benzene rings is 1. The SMILES string of the molecule is O=[N+]([O-])c1ccc(Cl)c(S(=O)(=O)N[C@H]2CCCC[C@@H]2O)c1. The maximum Gasteiger partial charge on any atom is 0.270 e. The van der Waals surface area contributed by atoms with Gasteiger partial charge in [0.2, 0.25) is 10.0 Å². The van der Waals surface area contributed by atoms with Gasteiger partial charge in [-0.15, -0.1) is 0 Å². The van der Waals surface area contributed by atoms with Crippen LogP contribution in [0.1, 0.15) is 25.7 Å². The van der Waals surface area contributed by atoms with Crippen molar-refractivity contribution >= 4 is 27.3 Å². The van der Waals surface area contributed by atoms with Gasteiger partial charge in [-0.05, 0) is 18.9 Å². The van der Waals surface area contributed by atoms with Gasteiger partial charge < -0.3 is 5.11 Å². The standard InChI is InChI=1S/C12H15ClN2O5S/c13-9-6-5-8(15(17)18)7-12(9)21(19,20)14-10-3-1-2-4-11(10)16/h5-7,10-11,14,16H,1-4H2/t10-,11-/m0/s1. The second kappa shape index (κ2) is 6.27. The van der Waals surface area contributed by atoms with Crippen LogP contribution in [0, 0.1) is 10.1 Å². The van der Waals surface area contributed by atoms with Gasteiger partial charge >= 0.3 is 0 Å². The number of nitrogens with zero attached hydrogens (tertiary/aromatic N) is 1. The molecule has 7 nitrogen and oxygen atoms in total. The van der Waals surface area contributed by atoms with Crippen LogP contribution in [0.3, 0.4) is 0 Å². The normalized spacial score (nSPS) is 23.0. The first-order chi connectivity index (χ1) is 9.81. The molecule has 0 unspecified atom stereocenters. The number of sulfonamides is 1. The van der Waals surface area contributed by atoms with E-state index < -0.39 is 27.1 Å². The third kappa shape index (κ3) is 3.70. The molecule has 2 rings (SSSR count). The number of aliphatic hydroxyl groups is 1. The minimum absolute atomic E-state index is 0.0987. The Hall–Kier alpha value is -1.22. The molecule has 0 bridgehead atoms. The zero-order valence-electron chi connectivity index (χ0n) is 11.0. The number of hydrogen-bond acceptors (Lipinski definition) is 5. The summed E-state index contributed by atoms with van der Waals surface area (Å²) in [4.78, 5) is 9.70. The predicted molar refractivity (Wildman–Crippen MR) is 76.7 cm³/mol. The summed E-state index contributed by atoms with van der Waals surface area (Å²) in [7, 11) is -4.03. The van der Waals surface area contributed by atoms with Crippen molar-refractivity contribution in [2.24, 2.45) is 0 Å². The largest absolute Gasteiger partial charge is 0.391 e. The van der Waals surface area contributed by atoms with Crippen molar-refractivity contribution in [3.8, 4) is 0 Å². The molecule has 1 aromatic rings. The Morgan fingerprint density at radius 1 is 1.33 bits per heavy atom. The Balaban J connectivity index is 2.30. The van der Waals surface area contributed by atoms with E-state index in [0.717, 1.165) is 25.0 Å². The number of non-ortho nitro benzene ring substituents is 1. The zero-order valence-corrected chi connectivity index (χ0v) is 12.6. The predicted octanol–water partition coefficient (Wildman–Crippen LogP) is 1.83. The summed E-state index contributed by atoms with van der Waals surface area (Å²) in [6.07, 6.45) is 1.94. The molecule has 0 spiro atoms. The van der Waals surface area contributed by atoms with Crippen LogP contribution in [0.5, 0.6) is 0 Å². The number of hydrogen-bond donors (Lipinski definition) is 2. The van der Waals surface area contributed by atoms with Crippen molar-refractivity contribution in [3.63, 3.8) is 0 Å². The summed E-state index contributed by atoms with van der Waals surface area (Å²) in [6, 6.07) is 2.63. The van der Waals surface area contributed by atoms with Gasteiger partial charge in [0.25, 0.3) is 5.69 Å². The molecule has 116 valence electrons. The second-order valence-corrected chi connectivity index (χ2v) is 7.04. The van der Waals surface area contributed by atoms with Crippen LogP contribution in [0.25, 0.3) is 0 Å². The minimum Gasteiger partial charge on any atom is -0.391 e. The van der Waals surface area contributed by atoms with Gasteiger partial charge in [-0.25, -0.2) is 13.1 Å². The highest BCUT2D eigenvalue weighted by molar-refractivity contribution is 7.89. The van der Waals surface area contributed by atoms with Crippen molar-refractivity contribution < 1.29 is 18.4 Å². The monoisotopic (exact) mass is 334 g/mol. The molecular formula is C12H15ClN2O5S. The smallest absolute Gasteiger partial charge is 0.270 e. The molecule has 21 heavy (non-hydrogen) atoms. The van der Waals surface area contributed by atoms with E-state index in [9.17, 15) is 23.6 Å². The lowest BCUT2D eigenvalue weighted by molar-refractivity contribution is -0.385. The number of nitrogens with one attached hydrogen (secondary N) is 1. The van der Waals surface area contributed by atoms with Crippen LogP contribution in [-0.4, -0.2) is 30.6 Å². The molecule has 9 heteroatoms. The molecule has 0 aliphatic heterocycles. The molecule has 1 aromatic carbocycles. The second-order valence-electron chi connectivity index (χ2n) is 4.95. The number of nitro groups is 1. The Morgan fingerprint density at radius 3 is 2.62 bits per heavy atom. The average molecular weight is 335 g/mol. The number of aliphatic hydroxyl groups excluding tert-OH is 1. The summed E-state index contributed by atoms with van der Waals surface area (Å²) in [5.74, 6) is 0. The van der Waals surface area contributed by atoms with Crippen LogP contribution in [0.4, 0.5) is 5.69 Å². The summed E-state index contributed by atoms with van der Waals surface area (Å²) < 4.78 is 27.0. The van der Waals surface area contributed by atoms with E-state index in [1.165, 1.54) is 6.07 Å². The lowest BCUT2D eigenvalue weighted by Crippen LogP contribution is -2.45. The van der Waals surface area contributed by atoms with Gasteiger partial charge in [-0.3, -0.25) is 10.1 Å². The molecule has 0 aromatic heterocycles. The van der Waals surface area contributed by atoms with Crippen LogP contribution >= 0.6 is 11.6 Å². The third-order valence-electron chi connectivity index (χ3n) is 3.45. The summed E-state index contributed by atoms with van der Waals surface area (Å²) in [5, 5.41) is 20.5. The third-order valence-corrected chi connectivity index (χ3v) is 5.42. The Bertz CT molecular complexity index is 649. The van der Waals surface area contributed by atoms with E-state index in [1.54, 1.807) is 0 Å². The highest BCUT2D eigenvalue weighted by Crippen LogP contribution is 2.27. The van der Waals surface area contributed by atoms with E-state index in [0.29, 0.717) is 12.8 Å². The maximum absolute atomic E-state index is 12.3. The quantitative estimate of drug-likeness (QED) is 0.644. The first kappa shape index (κ1) is 16.2. The van der Waals surface area contributed by atoms with Gasteiger partial charge in [-0.2, -0.15) is 0 Å². The van der Waals surface area contributed by atoms with Crippen molar-refractivity contribution in [2.45, 2.75) is 42.7 Å². The Kier molecular flexibility index (Phi) is 4.82. The van der Waals surface area contributed by atoms with Crippen molar-refractivity contribution in [1.82, 2.24) is 4.72 Å². The van der Waals surface area contributed by atoms with Crippen LogP contribution in [0.2, 0.25) is 5.02 Å². The van der Waals surface area contributed by atoms with Crippen LogP contribution in [0.15, 0.2) is 23.1 Å². The van der Waals surface area contributed by atoms with Crippen molar-refractivity contribution in [2.75, 3.05) is 0 Å². The number of nitro benzene ring substituents is 1. The number of halogens is 1. The molecule has 1 saturated carbocycles. The molecular weight excluding hydrogens is 320 g/mol. The highest BCUT2D eigenvalue weighted by atomic mass is 35.5. The topological polar surface area (TPSA) is 110 Å². The van der Waals surface area contributed by atoms with Crippen LogP contribution in [-0.2, 0) is 10.0 Å².